The average molecular weight is 501 g/mol. The van der Waals surface area contributed by atoms with E-state index in [-0.39, 0.29) is 0 Å². The first-order chi connectivity index (χ1) is 18.4. The minimum atomic E-state index is 0.764. The lowest BCUT2D eigenvalue weighted by molar-refractivity contribution is 0.298. The topological polar surface area (TPSA) is 40.3 Å². The van der Waals surface area contributed by atoms with E-state index in [0.29, 0.717) is 0 Å². The number of aliphatic imine (C=N–C) groups is 3. The zero-order valence-electron chi connectivity index (χ0n) is 23.9. The molecular formula is C33H48N4. The summed E-state index contributed by atoms with van der Waals surface area (Å²) in [6, 6.07) is 30.6. The Morgan fingerprint density at radius 3 is 0.919 bits per heavy atom. The summed E-state index contributed by atoms with van der Waals surface area (Å²) in [7, 11) is 0. The maximum Gasteiger partial charge on any atom is 0.0517 e. The van der Waals surface area contributed by atoms with Crippen LogP contribution in [0.25, 0.3) is 0 Å². The van der Waals surface area contributed by atoms with Gasteiger partial charge in [0.25, 0.3) is 0 Å². The Kier molecular flexibility index (Phi) is 23.4. The van der Waals surface area contributed by atoms with Gasteiger partial charge in [0.1, 0.15) is 0 Å². The molecule has 37 heavy (non-hydrogen) atoms. The van der Waals surface area contributed by atoms with Gasteiger partial charge in [-0.25, -0.2) is 0 Å². The highest BCUT2D eigenvalue weighted by atomic mass is 15.1. The zero-order valence-corrected chi connectivity index (χ0v) is 23.9. The zero-order chi connectivity index (χ0) is 27.4. The maximum absolute atomic E-state index is 4.59. The molecule has 0 saturated heterocycles. The Bertz CT molecular complexity index is 809. The maximum atomic E-state index is 4.59. The quantitative estimate of drug-likeness (QED) is 0.235. The molecular weight excluding hydrogens is 452 g/mol. The fourth-order valence-electron chi connectivity index (χ4n) is 3.06. The van der Waals surface area contributed by atoms with Crippen LogP contribution in [0.15, 0.2) is 106 Å². The Morgan fingerprint density at radius 1 is 0.432 bits per heavy atom. The largest absolute Gasteiger partial charge is 0.298 e. The molecule has 0 N–H and O–H groups in total. The van der Waals surface area contributed by atoms with Crippen molar-refractivity contribution in [1.82, 2.24) is 4.90 Å². The molecule has 0 atom stereocenters. The van der Waals surface area contributed by atoms with E-state index in [2.05, 4.69) is 56.3 Å². The SMILES string of the molecule is C(=NCCN(CCN=Cc1ccccc1)CCN=Cc1ccccc1)c1ccccc1.CC.CC.CC. The second-order valence-electron chi connectivity index (χ2n) is 7.18. The number of hydrogen-bond acceptors (Lipinski definition) is 4. The minimum absolute atomic E-state index is 0.764. The molecule has 4 nitrogen and oxygen atoms in total. The van der Waals surface area contributed by atoms with Crippen LogP contribution in [0.4, 0.5) is 0 Å². The van der Waals surface area contributed by atoms with Gasteiger partial charge in [-0.05, 0) is 16.7 Å². The van der Waals surface area contributed by atoms with E-state index in [4.69, 9.17) is 0 Å². The highest BCUT2D eigenvalue weighted by molar-refractivity contribution is 5.80. The number of rotatable bonds is 12. The molecule has 0 saturated carbocycles. The molecule has 0 unspecified atom stereocenters. The third-order valence-corrected chi connectivity index (χ3v) is 4.76. The summed E-state index contributed by atoms with van der Waals surface area (Å²) in [4.78, 5) is 16.2. The summed E-state index contributed by atoms with van der Waals surface area (Å²) < 4.78 is 0. The third-order valence-electron chi connectivity index (χ3n) is 4.76. The van der Waals surface area contributed by atoms with E-state index >= 15 is 0 Å². The van der Waals surface area contributed by atoms with Crippen molar-refractivity contribution in [2.24, 2.45) is 15.0 Å². The molecule has 0 bridgehead atoms. The van der Waals surface area contributed by atoms with Crippen molar-refractivity contribution in [2.75, 3.05) is 39.3 Å². The van der Waals surface area contributed by atoms with Crippen molar-refractivity contribution in [3.63, 3.8) is 0 Å². The van der Waals surface area contributed by atoms with Gasteiger partial charge in [-0.15, -0.1) is 0 Å². The standard InChI is InChI=1S/C27H30N4.3C2H6/c1-4-10-25(11-5-1)22-28-16-19-31(20-17-29-23-26-12-6-2-7-13-26)21-18-30-24-27-14-8-3-9-15-27;3*1-2/h1-15,22-24H,16-21H2;3*1-2H3. The van der Waals surface area contributed by atoms with Gasteiger partial charge >= 0.3 is 0 Å². The third kappa shape index (κ3) is 17.7. The van der Waals surface area contributed by atoms with E-state index in [1.54, 1.807) is 0 Å². The first-order valence-electron chi connectivity index (χ1n) is 13.8. The van der Waals surface area contributed by atoms with Gasteiger partial charge in [0.2, 0.25) is 0 Å². The smallest absolute Gasteiger partial charge is 0.0517 e. The summed E-state index contributed by atoms with van der Waals surface area (Å²) in [6.45, 7) is 17.0. The predicted molar refractivity (Wildman–Crippen MR) is 167 cm³/mol. The van der Waals surface area contributed by atoms with E-state index in [0.717, 1.165) is 56.0 Å². The van der Waals surface area contributed by atoms with Crippen molar-refractivity contribution < 1.29 is 0 Å². The molecule has 3 aromatic carbocycles. The van der Waals surface area contributed by atoms with E-state index in [1.165, 1.54) is 0 Å². The highest BCUT2D eigenvalue weighted by Gasteiger charge is 2.03. The molecule has 4 heteroatoms. The molecule has 3 rings (SSSR count). The molecule has 0 aromatic heterocycles. The van der Waals surface area contributed by atoms with Crippen LogP contribution in [0.1, 0.15) is 58.2 Å². The lowest BCUT2D eigenvalue weighted by atomic mass is 10.2. The first kappa shape index (κ1) is 33.6. The minimum Gasteiger partial charge on any atom is -0.298 e. The molecule has 0 amide bonds. The van der Waals surface area contributed by atoms with Gasteiger partial charge < -0.3 is 0 Å². The fourth-order valence-corrected chi connectivity index (χ4v) is 3.06. The van der Waals surface area contributed by atoms with Crippen LogP contribution in [0, 0.1) is 0 Å². The van der Waals surface area contributed by atoms with Crippen molar-refractivity contribution in [3.8, 4) is 0 Å². The molecule has 0 aliphatic rings. The Morgan fingerprint density at radius 2 is 0.676 bits per heavy atom. The summed E-state index contributed by atoms with van der Waals surface area (Å²) in [6.07, 6.45) is 5.83. The van der Waals surface area contributed by atoms with Crippen molar-refractivity contribution in [1.29, 1.82) is 0 Å². The summed E-state index contributed by atoms with van der Waals surface area (Å²) >= 11 is 0. The van der Waals surface area contributed by atoms with Gasteiger partial charge in [-0.3, -0.25) is 19.9 Å². The molecule has 200 valence electrons. The molecule has 0 aliphatic carbocycles. The number of benzene rings is 3. The molecule has 0 radical (unpaired) electrons. The van der Waals surface area contributed by atoms with E-state index < -0.39 is 0 Å². The van der Waals surface area contributed by atoms with Crippen LogP contribution in [-0.2, 0) is 0 Å². The van der Waals surface area contributed by atoms with Crippen molar-refractivity contribution in [3.05, 3.63) is 108 Å². The van der Waals surface area contributed by atoms with Gasteiger partial charge in [0.15, 0.2) is 0 Å². The predicted octanol–water partition coefficient (Wildman–Crippen LogP) is 7.72. The van der Waals surface area contributed by atoms with Crippen LogP contribution >= 0.6 is 0 Å². The molecule has 0 heterocycles. The van der Waals surface area contributed by atoms with Gasteiger partial charge in [-0.1, -0.05) is 133 Å². The van der Waals surface area contributed by atoms with Crippen LogP contribution in [0.3, 0.4) is 0 Å². The van der Waals surface area contributed by atoms with Gasteiger partial charge in [0.05, 0.1) is 19.6 Å². The lowest BCUT2D eigenvalue weighted by Gasteiger charge is -2.19. The number of hydrogen-bond donors (Lipinski definition) is 0. The monoisotopic (exact) mass is 500 g/mol. The Labute approximate surface area is 226 Å². The van der Waals surface area contributed by atoms with Crippen LogP contribution < -0.4 is 0 Å². The first-order valence-corrected chi connectivity index (χ1v) is 13.8. The van der Waals surface area contributed by atoms with Crippen LogP contribution in [0.2, 0.25) is 0 Å². The molecule has 0 spiro atoms. The second-order valence-corrected chi connectivity index (χ2v) is 7.18. The van der Waals surface area contributed by atoms with Gasteiger partial charge in [0, 0.05) is 38.3 Å². The summed E-state index contributed by atoms with van der Waals surface area (Å²) in [5.41, 5.74) is 3.40. The summed E-state index contributed by atoms with van der Waals surface area (Å²) in [5.74, 6) is 0. The molecule has 0 fully saturated rings. The molecule has 0 aliphatic heterocycles. The summed E-state index contributed by atoms with van der Waals surface area (Å²) in [5, 5.41) is 0. The van der Waals surface area contributed by atoms with Crippen molar-refractivity contribution >= 4 is 18.6 Å². The fraction of sp³-hybridized carbons (Fsp3) is 0.364. The Balaban J connectivity index is 0.00000201. The van der Waals surface area contributed by atoms with Crippen molar-refractivity contribution in [2.45, 2.75) is 41.5 Å². The van der Waals surface area contributed by atoms with Crippen LogP contribution in [0.5, 0.6) is 0 Å². The van der Waals surface area contributed by atoms with E-state index in [1.807, 2.05) is 115 Å². The highest BCUT2D eigenvalue weighted by Crippen LogP contribution is 1.98. The van der Waals surface area contributed by atoms with E-state index in [9.17, 15) is 0 Å². The lowest BCUT2D eigenvalue weighted by Crippen LogP contribution is -2.31. The normalized spacial score (nSPS) is 10.5. The Hall–Kier alpha value is -3.37. The number of nitrogens with zero attached hydrogens (tertiary/aromatic N) is 4. The van der Waals surface area contributed by atoms with Gasteiger partial charge in [-0.2, -0.15) is 0 Å². The average Bonchev–Trinajstić information content (AvgIpc) is 3.00. The van der Waals surface area contributed by atoms with Crippen LogP contribution in [-0.4, -0.2) is 62.8 Å². The second kappa shape index (κ2) is 25.7. The molecule has 3 aromatic rings.